The molecular formula is C26H28Cl2N4O4S. The smallest absolute Gasteiger partial charge is 0.409 e. The molecule has 11 heteroatoms. The molecule has 0 radical (unpaired) electrons. The van der Waals surface area contributed by atoms with Crippen LogP contribution in [0.5, 0.6) is 0 Å². The number of aromatic nitrogens is 1. The summed E-state index contributed by atoms with van der Waals surface area (Å²) in [5.41, 5.74) is 1.40. The van der Waals surface area contributed by atoms with E-state index in [4.69, 9.17) is 27.9 Å². The Morgan fingerprint density at radius 2 is 1.76 bits per heavy atom. The van der Waals surface area contributed by atoms with E-state index in [9.17, 15) is 14.4 Å². The van der Waals surface area contributed by atoms with E-state index in [1.807, 2.05) is 30.5 Å². The van der Waals surface area contributed by atoms with Gasteiger partial charge in [0.25, 0.3) is 5.91 Å². The normalized spacial score (nSPS) is 13.6. The minimum atomic E-state index is -0.329. The molecule has 0 spiro atoms. The van der Waals surface area contributed by atoms with Crippen molar-refractivity contribution in [3.8, 4) is 0 Å². The third-order valence-corrected chi connectivity index (χ3v) is 7.65. The van der Waals surface area contributed by atoms with Crippen LogP contribution < -0.4 is 5.32 Å². The molecule has 2 heterocycles. The monoisotopic (exact) mass is 562 g/mol. The van der Waals surface area contributed by atoms with E-state index in [-0.39, 0.29) is 17.9 Å². The second-order valence-electron chi connectivity index (χ2n) is 8.44. The Morgan fingerprint density at radius 1 is 1.03 bits per heavy atom. The summed E-state index contributed by atoms with van der Waals surface area (Å²) in [5.74, 6) is 0.0815. The lowest BCUT2D eigenvalue weighted by atomic mass is 10.2. The Bertz CT molecular complexity index is 1290. The number of hydrogen-bond donors (Lipinski definition) is 1. The van der Waals surface area contributed by atoms with Gasteiger partial charge in [-0.15, -0.1) is 11.8 Å². The molecule has 1 aliphatic rings. The molecule has 2 aromatic carbocycles. The predicted molar refractivity (Wildman–Crippen MR) is 147 cm³/mol. The van der Waals surface area contributed by atoms with Crippen molar-refractivity contribution in [1.82, 2.24) is 19.7 Å². The van der Waals surface area contributed by atoms with Crippen molar-refractivity contribution in [2.45, 2.75) is 18.4 Å². The molecule has 0 aliphatic carbocycles. The molecule has 0 unspecified atom stereocenters. The highest BCUT2D eigenvalue weighted by Gasteiger charge is 2.25. The van der Waals surface area contributed by atoms with Crippen LogP contribution in [0.2, 0.25) is 10.0 Å². The average molecular weight is 564 g/mol. The van der Waals surface area contributed by atoms with Crippen LogP contribution in [0.4, 0.5) is 4.79 Å². The van der Waals surface area contributed by atoms with Gasteiger partial charge in [0.2, 0.25) is 5.91 Å². The summed E-state index contributed by atoms with van der Waals surface area (Å²) < 4.78 is 7.12. The van der Waals surface area contributed by atoms with E-state index < -0.39 is 0 Å². The van der Waals surface area contributed by atoms with Crippen LogP contribution in [0.25, 0.3) is 10.9 Å². The van der Waals surface area contributed by atoms with Crippen LogP contribution in [0, 0.1) is 0 Å². The molecule has 0 atom stereocenters. The zero-order chi connectivity index (χ0) is 26.4. The first-order chi connectivity index (χ1) is 17.9. The van der Waals surface area contributed by atoms with Crippen molar-refractivity contribution in [1.29, 1.82) is 0 Å². The third kappa shape index (κ3) is 6.71. The number of amides is 3. The molecule has 196 valence electrons. The molecule has 1 aliphatic heterocycles. The maximum atomic E-state index is 12.8. The Kier molecular flexibility index (Phi) is 9.23. The standard InChI is InChI=1S/C26H28Cl2N4O4S/c1-2-36-26(35)31-13-11-30(12-14-31)24(33)17-37-23-16-32(22-6-4-3-5-20(22)23)10-9-29-25(34)19-8-7-18(27)15-21(19)28/h3-8,15-16H,2,9-14,17H2,1H3,(H,29,34). The van der Waals surface area contributed by atoms with E-state index in [1.54, 1.807) is 34.9 Å². The van der Waals surface area contributed by atoms with Crippen molar-refractivity contribution >= 4 is 63.8 Å². The van der Waals surface area contributed by atoms with E-state index in [0.717, 1.165) is 15.8 Å². The molecule has 1 aromatic heterocycles. The van der Waals surface area contributed by atoms with Crippen LogP contribution in [0.15, 0.2) is 53.6 Å². The molecule has 1 fully saturated rings. The summed E-state index contributed by atoms with van der Waals surface area (Å²) >= 11 is 13.6. The van der Waals surface area contributed by atoms with Crippen molar-refractivity contribution in [3.63, 3.8) is 0 Å². The molecule has 0 bridgehead atoms. The third-order valence-electron chi connectivity index (χ3n) is 6.08. The van der Waals surface area contributed by atoms with E-state index in [2.05, 4.69) is 9.88 Å². The fourth-order valence-electron chi connectivity index (χ4n) is 4.16. The Balaban J connectivity index is 1.33. The second-order valence-corrected chi connectivity index (χ2v) is 10.3. The van der Waals surface area contributed by atoms with Gasteiger partial charge in [0.05, 0.1) is 22.9 Å². The van der Waals surface area contributed by atoms with Crippen LogP contribution >= 0.6 is 35.0 Å². The van der Waals surface area contributed by atoms with Crippen molar-refractivity contribution in [2.24, 2.45) is 0 Å². The average Bonchev–Trinajstić information content (AvgIpc) is 3.25. The number of carbonyl (C=O) groups excluding carboxylic acids is 3. The Labute approximate surface area is 229 Å². The Hall–Kier alpha value is -2.88. The highest BCUT2D eigenvalue weighted by atomic mass is 35.5. The van der Waals surface area contributed by atoms with Gasteiger partial charge in [-0.1, -0.05) is 41.4 Å². The maximum absolute atomic E-state index is 12.8. The van der Waals surface area contributed by atoms with Crippen LogP contribution in [-0.2, 0) is 16.1 Å². The first-order valence-electron chi connectivity index (χ1n) is 12.0. The summed E-state index contributed by atoms with van der Waals surface area (Å²) in [6.45, 7) is 5.02. The number of hydrogen-bond acceptors (Lipinski definition) is 5. The van der Waals surface area contributed by atoms with Gasteiger partial charge < -0.3 is 24.4 Å². The lowest BCUT2D eigenvalue weighted by molar-refractivity contribution is -0.129. The highest BCUT2D eigenvalue weighted by Crippen LogP contribution is 2.30. The molecule has 3 amide bonds. The molecule has 4 rings (SSSR count). The molecule has 1 saturated heterocycles. The number of thioether (sulfide) groups is 1. The van der Waals surface area contributed by atoms with E-state index in [1.165, 1.54) is 11.8 Å². The van der Waals surface area contributed by atoms with Gasteiger partial charge in [-0.25, -0.2) is 4.79 Å². The second kappa shape index (κ2) is 12.6. The molecule has 1 N–H and O–H groups in total. The zero-order valence-electron chi connectivity index (χ0n) is 20.4. The molecule has 3 aromatic rings. The van der Waals surface area contributed by atoms with Gasteiger partial charge in [-0.05, 0) is 31.2 Å². The fourth-order valence-corrected chi connectivity index (χ4v) is 5.64. The first-order valence-corrected chi connectivity index (χ1v) is 13.7. The lowest BCUT2D eigenvalue weighted by Gasteiger charge is -2.34. The van der Waals surface area contributed by atoms with Crippen LogP contribution in [0.3, 0.4) is 0 Å². The number of benzene rings is 2. The number of nitrogens with zero attached hydrogens (tertiary/aromatic N) is 3. The number of fused-ring (bicyclic) bond motifs is 1. The SMILES string of the molecule is CCOC(=O)N1CCN(C(=O)CSc2cn(CCNC(=O)c3ccc(Cl)cc3Cl)c3ccccc23)CC1. The van der Waals surface area contributed by atoms with Crippen molar-refractivity contribution in [2.75, 3.05) is 45.1 Å². The molecule has 37 heavy (non-hydrogen) atoms. The molecular weight excluding hydrogens is 535 g/mol. The van der Waals surface area contributed by atoms with Gasteiger partial charge in [0, 0.05) is 66.3 Å². The molecule has 0 saturated carbocycles. The van der Waals surface area contributed by atoms with Gasteiger partial charge in [0.1, 0.15) is 0 Å². The minimum Gasteiger partial charge on any atom is -0.450 e. The summed E-state index contributed by atoms with van der Waals surface area (Å²) in [6.07, 6.45) is 1.69. The number of piperazine rings is 1. The van der Waals surface area contributed by atoms with E-state index >= 15 is 0 Å². The van der Waals surface area contributed by atoms with Gasteiger partial charge in [-0.3, -0.25) is 9.59 Å². The number of para-hydroxylation sites is 1. The first kappa shape index (κ1) is 27.2. The van der Waals surface area contributed by atoms with E-state index in [0.29, 0.717) is 67.2 Å². The summed E-state index contributed by atoms with van der Waals surface area (Å²) in [6, 6.07) is 12.8. The summed E-state index contributed by atoms with van der Waals surface area (Å²) in [4.78, 5) is 41.7. The summed E-state index contributed by atoms with van der Waals surface area (Å²) in [5, 5.41) is 4.74. The quantitative estimate of drug-likeness (QED) is 0.400. The predicted octanol–water partition coefficient (Wildman–Crippen LogP) is 4.77. The maximum Gasteiger partial charge on any atom is 0.409 e. The highest BCUT2D eigenvalue weighted by molar-refractivity contribution is 8.00. The minimum absolute atomic E-state index is 0.0393. The largest absolute Gasteiger partial charge is 0.450 e. The molecule has 8 nitrogen and oxygen atoms in total. The van der Waals surface area contributed by atoms with Gasteiger partial charge in [-0.2, -0.15) is 0 Å². The zero-order valence-corrected chi connectivity index (χ0v) is 22.7. The van der Waals surface area contributed by atoms with Crippen LogP contribution in [-0.4, -0.2) is 77.4 Å². The topological polar surface area (TPSA) is 83.9 Å². The number of carbonyl (C=O) groups is 3. The number of rotatable bonds is 8. The van der Waals surface area contributed by atoms with Crippen molar-refractivity contribution < 1.29 is 19.1 Å². The Morgan fingerprint density at radius 3 is 2.49 bits per heavy atom. The number of ether oxygens (including phenoxy) is 1. The van der Waals surface area contributed by atoms with Gasteiger partial charge >= 0.3 is 6.09 Å². The number of halogens is 2. The van der Waals surface area contributed by atoms with Crippen molar-refractivity contribution in [3.05, 3.63) is 64.3 Å². The fraction of sp³-hybridized carbons (Fsp3) is 0.346. The number of nitrogens with one attached hydrogen (secondary N) is 1. The van der Waals surface area contributed by atoms with Gasteiger partial charge in [0.15, 0.2) is 0 Å². The van der Waals surface area contributed by atoms with Crippen LogP contribution in [0.1, 0.15) is 17.3 Å². The lowest BCUT2D eigenvalue weighted by Crippen LogP contribution is -2.51. The summed E-state index contributed by atoms with van der Waals surface area (Å²) in [7, 11) is 0.